The van der Waals surface area contributed by atoms with Crippen molar-refractivity contribution in [2.45, 2.75) is 6.92 Å². The number of ketones is 1. The van der Waals surface area contributed by atoms with E-state index in [1.54, 1.807) is 24.3 Å². The molecule has 0 saturated carbocycles. The SMILES string of the molecule is CC(=O)c1ccc(NC(=O)CN(c2cccc(F)c2)S(C)(=O)=O)cc1. The van der Waals surface area contributed by atoms with Crippen LogP contribution in [0.4, 0.5) is 15.8 Å². The summed E-state index contributed by atoms with van der Waals surface area (Å²) in [7, 11) is -3.78. The fourth-order valence-electron chi connectivity index (χ4n) is 2.15. The van der Waals surface area contributed by atoms with Gasteiger partial charge >= 0.3 is 0 Å². The fraction of sp³-hybridized carbons (Fsp3) is 0.176. The van der Waals surface area contributed by atoms with Crippen LogP contribution in [0.15, 0.2) is 48.5 Å². The molecule has 0 radical (unpaired) electrons. The minimum absolute atomic E-state index is 0.0598. The molecular weight excluding hydrogens is 347 g/mol. The Balaban J connectivity index is 2.16. The molecule has 2 rings (SSSR count). The zero-order valence-electron chi connectivity index (χ0n) is 13.7. The summed E-state index contributed by atoms with van der Waals surface area (Å²) < 4.78 is 38.0. The lowest BCUT2D eigenvalue weighted by Gasteiger charge is -2.21. The van der Waals surface area contributed by atoms with Gasteiger partial charge in [-0.05, 0) is 49.4 Å². The summed E-state index contributed by atoms with van der Waals surface area (Å²) in [5.41, 5.74) is 0.975. The minimum Gasteiger partial charge on any atom is -0.325 e. The quantitative estimate of drug-likeness (QED) is 0.798. The zero-order valence-corrected chi connectivity index (χ0v) is 14.5. The van der Waals surface area contributed by atoms with Gasteiger partial charge in [0, 0.05) is 11.3 Å². The molecule has 2 aromatic carbocycles. The van der Waals surface area contributed by atoms with Crippen molar-refractivity contribution in [1.29, 1.82) is 0 Å². The number of rotatable bonds is 6. The number of anilines is 2. The molecule has 0 bridgehead atoms. The maximum absolute atomic E-state index is 13.4. The fourth-order valence-corrected chi connectivity index (χ4v) is 3.00. The molecule has 0 aliphatic heterocycles. The number of hydrogen-bond acceptors (Lipinski definition) is 4. The zero-order chi connectivity index (χ0) is 18.6. The summed E-state index contributed by atoms with van der Waals surface area (Å²) in [5, 5.41) is 2.54. The second-order valence-electron chi connectivity index (χ2n) is 5.43. The smallest absolute Gasteiger partial charge is 0.245 e. The predicted molar refractivity (Wildman–Crippen MR) is 93.7 cm³/mol. The number of hydrogen-bond donors (Lipinski definition) is 1. The third kappa shape index (κ3) is 5.12. The Bertz CT molecular complexity index is 895. The number of amides is 1. The standard InChI is InChI=1S/C17H17FN2O4S/c1-12(21)13-6-8-15(9-7-13)19-17(22)11-20(25(2,23)24)16-5-3-4-14(18)10-16/h3-10H,11H2,1-2H3,(H,19,22). The second kappa shape index (κ2) is 7.43. The van der Waals surface area contributed by atoms with Gasteiger partial charge in [0.05, 0.1) is 11.9 Å². The van der Waals surface area contributed by atoms with E-state index in [4.69, 9.17) is 0 Å². The van der Waals surface area contributed by atoms with Crippen molar-refractivity contribution in [2.24, 2.45) is 0 Å². The van der Waals surface area contributed by atoms with Gasteiger partial charge < -0.3 is 5.32 Å². The Labute approximate surface area is 145 Å². The highest BCUT2D eigenvalue weighted by atomic mass is 32.2. The van der Waals surface area contributed by atoms with E-state index in [0.29, 0.717) is 11.3 Å². The average molecular weight is 364 g/mol. The highest BCUT2D eigenvalue weighted by Crippen LogP contribution is 2.19. The van der Waals surface area contributed by atoms with Crippen LogP contribution in [0.5, 0.6) is 0 Å². The van der Waals surface area contributed by atoms with Crippen LogP contribution in [0.1, 0.15) is 17.3 Å². The lowest BCUT2D eigenvalue weighted by molar-refractivity contribution is -0.114. The van der Waals surface area contributed by atoms with E-state index in [0.717, 1.165) is 16.6 Å². The maximum Gasteiger partial charge on any atom is 0.245 e. The molecule has 0 aliphatic carbocycles. The lowest BCUT2D eigenvalue weighted by atomic mass is 10.1. The van der Waals surface area contributed by atoms with Gasteiger partial charge in [0.25, 0.3) is 0 Å². The van der Waals surface area contributed by atoms with Crippen LogP contribution in [0, 0.1) is 5.82 Å². The van der Waals surface area contributed by atoms with Crippen molar-refractivity contribution in [3.63, 3.8) is 0 Å². The molecule has 1 amide bonds. The summed E-state index contributed by atoms with van der Waals surface area (Å²) >= 11 is 0. The molecule has 0 fully saturated rings. The lowest BCUT2D eigenvalue weighted by Crippen LogP contribution is -2.37. The van der Waals surface area contributed by atoms with Gasteiger partial charge in [-0.1, -0.05) is 6.07 Å². The minimum atomic E-state index is -3.78. The average Bonchev–Trinajstić information content (AvgIpc) is 2.52. The molecule has 0 atom stereocenters. The molecule has 8 heteroatoms. The van der Waals surface area contributed by atoms with Gasteiger partial charge in [0.1, 0.15) is 12.4 Å². The molecule has 0 heterocycles. The Morgan fingerprint density at radius 1 is 1.12 bits per heavy atom. The van der Waals surface area contributed by atoms with Crippen LogP contribution in [-0.2, 0) is 14.8 Å². The molecular formula is C17H17FN2O4S. The van der Waals surface area contributed by atoms with E-state index in [2.05, 4.69) is 5.32 Å². The summed E-state index contributed by atoms with van der Waals surface area (Å²) in [6.07, 6.45) is 0.937. The molecule has 0 aromatic heterocycles. The third-order valence-corrected chi connectivity index (χ3v) is 4.50. The molecule has 0 unspecified atom stereocenters. The highest BCUT2D eigenvalue weighted by Gasteiger charge is 2.21. The first-order chi connectivity index (χ1) is 11.7. The highest BCUT2D eigenvalue weighted by molar-refractivity contribution is 7.92. The molecule has 6 nitrogen and oxygen atoms in total. The topological polar surface area (TPSA) is 83.6 Å². The van der Waals surface area contributed by atoms with Crippen LogP contribution in [0.25, 0.3) is 0 Å². The van der Waals surface area contributed by atoms with Gasteiger partial charge in [-0.2, -0.15) is 0 Å². The number of sulfonamides is 1. The molecule has 0 saturated heterocycles. The van der Waals surface area contributed by atoms with Crippen molar-refractivity contribution in [3.8, 4) is 0 Å². The van der Waals surface area contributed by atoms with Crippen molar-refractivity contribution in [3.05, 3.63) is 59.9 Å². The Kier molecular flexibility index (Phi) is 5.53. The summed E-state index contributed by atoms with van der Waals surface area (Å²) in [4.78, 5) is 23.4. The molecule has 0 aliphatic rings. The molecule has 132 valence electrons. The van der Waals surface area contributed by atoms with Crippen LogP contribution < -0.4 is 9.62 Å². The van der Waals surface area contributed by atoms with E-state index >= 15 is 0 Å². The first-order valence-electron chi connectivity index (χ1n) is 7.31. The van der Waals surface area contributed by atoms with Crippen molar-refractivity contribution in [2.75, 3.05) is 22.4 Å². The Morgan fingerprint density at radius 3 is 2.28 bits per heavy atom. The third-order valence-electron chi connectivity index (χ3n) is 3.36. The van der Waals surface area contributed by atoms with Crippen LogP contribution in [0.3, 0.4) is 0 Å². The normalized spacial score (nSPS) is 11.0. The number of carbonyl (C=O) groups excluding carboxylic acids is 2. The predicted octanol–water partition coefficient (Wildman–Crippen LogP) is 2.43. The van der Waals surface area contributed by atoms with E-state index in [1.165, 1.54) is 25.1 Å². The first-order valence-corrected chi connectivity index (χ1v) is 9.16. The van der Waals surface area contributed by atoms with Crippen LogP contribution >= 0.6 is 0 Å². The Morgan fingerprint density at radius 2 is 1.76 bits per heavy atom. The molecule has 25 heavy (non-hydrogen) atoms. The van der Waals surface area contributed by atoms with E-state index in [1.807, 2.05) is 0 Å². The number of Topliss-reactive ketones (excluding diaryl/α,β-unsaturated/α-hetero) is 1. The van der Waals surface area contributed by atoms with Crippen molar-refractivity contribution in [1.82, 2.24) is 0 Å². The van der Waals surface area contributed by atoms with Gasteiger partial charge in [0.15, 0.2) is 5.78 Å². The maximum atomic E-state index is 13.4. The summed E-state index contributed by atoms with van der Waals surface area (Å²) in [6.45, 7) is 0.924. The van der Waals surface area contributed by atoms with E-state index in [-0.39, 0.29) is 11.5 Å². The number of nitrogens with one attached hydrogen (secondary N) is 1. The molecule has 0 spiro atoms. The molecule has 2 aromatic rings. The Hall–Kier alpha value is -2.74. The van der Waals surface area contributed by atoms with Gasteiger partial charge in [-0.3, -0.25) is 13.9 Å². The van der Waals surface area contributed by atoms with Crippen LogP contribution in [0.2, 0.25) is 0 Å². The van der Waals surface area contributed by atoms with Crippen LogP contribution in [-0.4, -0.2) is 32.9 Å². The van der Waals surface area contributed by atoms with Gasteiger partial charge in [-0.15, -0.1) is 0 Å². The second-order valence-corrected chi connectivity index (χ2v) is 7.34. The van der Waals surface area contributed by atoms with Gasteiger partial charge in [-0.25, -0.2) is 12.8 Å². The number of nitrogens with zero attached hydrogens (tertiary/aromatic N) is 1. The summed E-state index contributed by atoms with van der Waals surface area (Å²) in [6, 6.07) is 11.2. The summed E-state index contributed by atoms with van der Waals surface area (Å²) in [5.74, 6) is -1.30. The number of carbonyl (C=O) groups is 2. The number of benzene rings is 2. The number of halogens is 1. The van der Waals surface area contributed by atoms with Crippen molar-refractivity contribution < 1.29 is 22.4 Å². The monoisotopic (exact) mass is 364 g/mol. The molecule has 1 N–H and O–H groups in total. The van der Waals surface area contributed by atoms with E-state index < -0.39 is 28.3 Å². The van der Waals surface area contributed by atoms with Crippen molar-refractivity contribution >= 4 is 33.1 Å². The largest absolute Gasteiger partial charge is 0.325 e. The van der Waals surface area contributed by atoms with Gasteiger partial charge in [0.2, 0.25) is 15.9 Å². The first kappa shape index (κ1) is 18.6. The van der Waals surface area contributed by atoms with E-state index in [9.17, 15) is 22.4 Å².